The number of rotatable bonds is 6. The van der Waals surface area contributed by atoms with E-state index in [1.165, 1.54) is 19.3 Å². The molecular formula is C24H35N3O4S. The van der Waals surface area contributed by atoms with E-state index in [-0.39, 0.29) is 35.6 Å². The molecule has 0 spiro atoms. The average Bonchev–Trinajstić information content (AvgIpc) is 3.02. The van der Waals surface area contributed by atoms with Crippen LogP contribution in [0.25, 0.3) is 0 Å². The van der Waals surface area contributed by atoms with Crippen LogP contribution in [-0.2, 0) is 26.0 Å². The molecule has 7 nitrogen and oxygen atoms in total. The summed E-state index contributed by atoms with van der Waals surface area (Å²) in [6, 6.07) is 5.06. The van der Waals surface area contributed by atoms with Crippen molar-refractivity contribution in [1.29, 1.82) is 0 Å². The minimum atomic E-state index is -3.56. The monoisotopic (exact) mass is 461 g/mol. The number of carbonyl (C=O) groups excluding carboxylic acids is 2. The fraction of sp³-hybridized carbons (Fsp3) is 0.667. The first-order valence-corrected chi connectivity index (χ1v) is 13.7. The zero-order chi connectivity index (χ0) is 22.6. The number of amides is 2. The van der Waals surface area contributed by atoms with E-state index >= 15 is 0 Å². The second-order valence-electron chi connectivity index (χ2n) is 9.34. The van der Waals surface area contributed by atoms with Gasteiger partial charge in [-0.3, -0.25) is 9.59 Å². The number of likely N-dealkylation sites (tertiary alicyclic amines) is 1. The molecule has 4 rings (SSSR count). The van der Waals surface area contributed by atoms with Crippen LogP contribution in [0.3, 0.4) is 0 Å². The number of hydrogen-bond donors (Lipinski definition) is 1. The number of fused-ring (bicyclic) bond motifs is 1. The van der Waals surface area contributed by atoms with Gasteiger partial charge in [0.1, 0.15) is 0 Å². The van der Waals surface area contributed by atoms with Crippen LogP contribution < -0.4 is 9.62 Å². The lowest BCUT2D eigenvalue weighted by molar-refractivity contribution is -0.133. The van der Waals surface area contributed by atoms with Crippen molar-refractivity contribution < 1.29 is 18.0 Å². The Hall–Kier alpha value is -1.93. The third-order valence-electron chi connectivity index (χ3n) is 7.00. The molecule has 1 aromatic rings. The summed E-state index contributed by atoms with van der Waals surface area (Å²) in [5.41, 5.74) is 1.65. The molecule has 2 amide bonds. The molecule has 1 saturated carbocycles. The van der Waals surface area contributed by atoms with Crippen molar-refractivity contribution in [2.24, 2.45) is 0 Å². The summed E-state index contributed by atoms with van der Waals surface area (Å²) in [6.07, 6.45) is 10.6. The lowest BCUT2D eigenvalue weighted by Gasteiger charge is -2.23. The van der Waals surface area contributed by atoms with Crippen molar-refractivity contribution in [2.75, 3.05) is 24.5 Å². The molecule has 1 aromatic carbocycles. The van der Waals surface area contributed by atoms with Gasteiger partial charge >= 0.3 is 0 Å². The number of hydrogen-bond acceptors (Lipinski definition) is 4. The zero-order valence-electron chi connectivity index (χ0n) is 18.9. The van der Waals surface area contributed by atoms with Crippen LogP contribution in [0.2, 0.25) is 0 Å². The van der Waals surface area contributed by atoms with Crippen LogP contribution in [0, 0.1) is 0 Å². The standard InChI is InChI=1S/C24H35N3O4S/c28-23(26-15-6-1-2-7-16-26)12-13-24(29)27-17-14-19-18-21(10-11-22(19)27)32(30,31)25-20-8-4-3-5-9-20/h10-11,18,20,25H,1-9,12-17H2. The number of anilines is 1. The summed E-state index contributed by atoms with van der Waals surface area (Å²) < 4.78 is 28.5. The molecule has 8 heteroatoms. The molecule has 32 heavy (non-hydrogen) atoms. The van der Waals surface area contributed by atoms with Gasteiger partial charge in [0.15, 0.2) is 0 Å². The molecule has 1 aliphatic carbocycles. The van der Waals surface area contributed by atoms with Crippen LogP contribution in [0.15, 0.2) is 23.1 Å². The van der Waals surface area contributed by atoms with Gasteiger partial charge in [0.2, 0.25) is 21.8 Å². The van der Waals surface area contributed by atoms with Gasteiger partial charge in [-0.1, -0.05) is 32.1 Å². The van der Waals surface area contributed by atoms with Gasteiger partial charge in [-0.15, -0.1) is 0 Å². The van der Waals surface area contributed by atoms with E-state index in [4.69, 9.17) is 0 Å². The van der Waals surface area contributed by atoms with Crippen molar-refractivity contribution in [2.45, 2.75) is 88.0 Å². The maximum absolute atomic E-state index is 12.8. The van der Waals surface area contributed by atoms with Gasteiger partial charge in [-0.05, 0) is 55.9 Å². The zero-order valence-corrected chi connectivity index (χ0v) is 19.7. The fourth-order valence-corrected chi connectivity index (χ4v) is 6.49. The molecule has 1 saturated heterocycles. The molecule has 0 unspecified atom stereocenters. The van der Waals surface area contributed by atoms with Crippen LogP contribution in [0.1, 0.15) is 76.2 Å². The quantitative estimate of drug-likeness (QED) is 0.704. The average molecular weight is 462 g/mol. The summed E-state index contributed by atoms with van der Waals surface area (Å²) in [5.74, 6) is -0.00208. The largest absolute Gasteiger partial charge is 0.343 e. The first kappa shape index (κ1) is 23.2. The second-order valence-corrected chi connectivity index (χ2v) is 11.1. The Morgan fingerprint density at radius 2 is 1.53 bits per heavy atom. The van der Waals surface area contributed by atoms with Crippen molar-refractivity contribution in [1.82, 2.24) is 9.62 Å². The van der Waals surface area contributed by atoms with Crippen LogP contribution in [-0.4, -0.2) is 50.8 Å². The van der Waals surface area contributed by atoms with E-state index in [1.54, 1.807) is 23.1 Å². The smallest absolute Gasteiger partial charge is 0.240 e. The minimum Gasteiger partial charge on any atom is -0.343 e. The molecule has 2 fully saturated rings. The number of nitrogens with one attached hydrogen (secondary N) is 1. The lowest BCUT2D eigenvalue weighted by Crippen LogP contribution is -2.36. The molecule has 176 valence electrons. The Morgan fingerprint density at radius 3 is 2.25 bits per heavy atom. The minimum absolute atomic E-state index is 0.0156. The molecular weight excluding hydrogens is 426 g/mol. The fourth-order valence-electron chi connectivity index (χ4n) is 5.14. The predicted molar refractivity (Wildman–Crippen MR) is 124 cm³/mol. The van der Waals surface area contributed by atoms with Crippen LogP contribution in [0.4, 0.5) is 5.69 Å². The highest BCUT2D eigenvalue weighted by Crippen LogP contribution is 2.31. The van der Waals surface area contributed by atoms with Crippen LogP contribution in [0.5, 0.6) is 0 Å². The van der Waals surface area contributed by atoms with E-state index in [1.807, 2.05) is 4.90 Å². The Balaban J connectivity index is 1.36. The van der Waals surface area contributed by atoms with Gasteiger partial charge in [-0.2, -0.15) is 0 Å². The number of nitrogens with zero attached hydrogens (tertiary/aromatic N) is 2. The number of benzene rings is 1. The lowest BCUT2D eigenvalue weighted by atomic mass is 9.96. The highest BCUT2D eigenvalue weighted by molar-refractivity contribution is 7.89. The summed E-state index contributed by atoms with van der Waals surface area (Å²) in [7, 11) is -3.56. The Labute approximate surface area is 191 Å². The third kappa shape index (κ3) is 5.52. The Bertz CT molecular complexity index is 933. The summed E-state index contributed by atoms with van der Waals surface area (Å²) >= 11 is 0. The van der Waals surface area contributed by atoms with Crippen molar-refractivity contribution in [3.8, 4) is 0 Å². The molecule has 3 aliphatic rings. The van der Waals surface area contributed by atoms with Crippen LogP contribution >= 0.6 is 0 Å². The van der Waals surface area contributed by atoms with Gasteiger partial charge in [0.05, 0.1) is 4.90 Å². The molecule has 0 aromatic heterocycles. The number of sulfonamides is 1. The van der Waals surface area contributed by atoms with Gasteiger partial charge in [0.25, 0.3) is 0 Å². The van der Waals surface area contributed by atoms with Gasteiger partial charge < -0.3 is 9.80 Å². The van der Waals surface area contributed by atoms with Gasteiger partial charge in [-0.25, -0.2) is 13.1 Å². The van der Waals surface area contributed by atoms with E-state index in [9.17, 15) is 18.0 Å². The maximum atomic E-state index is 12.8. The highest BCUT2D eigenvalue weighted by Gasteiger charge is 2.28. The molecule has 0 radical (unpaired) electrons. The normalized spacial score (nSPS) is 20.1. The van der Waals surface area contributed by atoms with E-state index in [2.05, 4.69) is 4.72 Å². The first-order valence-electron chi connectivity index (χ1n) is 12.2. The molecule has 0 atom stereocenters. The Kier molecular flexibility index (Phi) is 7.51. The first-order chi connectivity index (χ1) is 15.4. The van der Waals surface area contributed by atoms with Crippen molar-refractivity contribution in [3.05, 3.63) is 23.8 Å². The summed E-state index contributed by atoms with van der Waals surface area (Å²) in [6.45, 7) is 2.13. The maximum Gasteiger partial charge on any atom is 0.240 e. The van der Waals surface area contributed by atoms with E-state index in [0.29, 0.717) is 13.0 Å². The molecule has 1 N–H and O–H groups in total. The third-order valence-corrected chi connectivity index (χ3v) is 8.51. The Morgan fingerprint density at radius 1 is 0.875 bits per heavy atom. The van der Waals surface area contributed by atoms with E-state index in [0.717, 1.165) is 62.9 Å². The predicted octanol–water partition coefficient (Wildman–Crippen LogP) is 3.37. The van der Waals surface area contributed by atoms with Crippen molar-refractivity contribution in [3.63, 3.8) is 0 Å². The van der Waals surface area contributed by atoms with E-state index < -0.39 is 10.0 Å². The number of carbonyl (C=O) groups is 2. The highest BCUT2D eigenvalue weighted by atomic mass is 32.2. The summed E-state index contributed by atoms with van der Waals surface area (Å²) in [4.78, 5) is 29.2. The molecule has 0 bridgehead atoms. The molecule has 2 aliphatic heterocycles. The van der Waals surface area contributed by atoms with Gasteiger partial charge in [0, 0.05) is 44.2 Å². The van der Waals surface area contributed by atoms with Crippen molar-refractivity contribution >= 4 is 27.5 Å². The summed E-state index contributed by atoms with van der Waals surface area (Å²) in [5, 5.41) is 0. The topological polar surface area (TPSA) is 86.8 Å². The molecule has 2 heterocycles. The SMILES string of the molecule is O=C(CCC(=O)N1CCc2cc(S(=O)(=O)NC3CCCCC3)ccc21)N1CCCCCC1. The second kappa shape index (κ2) is 10.3.